The molecule has 0 spiro atoms. The van der Waals surface area contributed by atoms with Gasteiger partial charge in [0.2, 0.25) is 11.8 Å². The highest BCUT2D eigenvalue weighted by molar-refractivity contribution is 6.10. The third-order valence-corrected chi connectivity index (χ3v) is 6.29. The number of hydrogen-bond acceptors (Lipinski definition) is 7. The van der Waals surface area contributed by atoms with Crippen molar-refractivity contribution in [1.29, 1.82) is 0 Å². The predicted molar refractivity (Wildman–Crippen MR) is 116 cm³/mol. The van der Waals surface area contributed by atoms with E-state index in [1.807, 2.05) is 6.07 Å². The zero-order chi connectivity index (χ0) is 23.3. The summed E-state index contributed by atoms with van der Waals surface area (Å²) in [6, 6.07) is 8.45. The van der Waals surface area contributed by atoms with Crippen LogP contribution in [0.4, 0.5) is 0 Å². The largest absolute Gasteiger partial charge is 0.497 e. The summed E-state index contributed by atoms with van der Waals surface area (Å²) >= 11 is 0. The molecule has 1 fully saturated rings. The lowest BCUT2D eigenvalue weighted by molar-refractivity contribution is -0.127. The summed E-state index contributed by atoms with van der Waals surface area (Å²) in [5.74, 6) is -0.509. The molecular formula is C24H21N3O6. The van der Waals surface area contributed by atoms with Crippen LogP contribution in [-0.4, -0.2) is 47.0 Å². The van der Waals surface area contributed by atoms with Gasteiger partial charge in [0, 0.05) is 42.9 Å². The van der Waals surface area contributed by atoms with Gasteiger partial charge < -0.3 is 14.1 Å². The highest BCUT2D eigenvalue weighted by Crippen LogP contribution is 2.39. The Morgan fingerprint density at radius 3 is 2.76 bits per heavy atom. The Bertz CT molecular complexity index is 1340. The van der Waals surface area contributed by atoms with Crippen LogP contribution in [0, 0.1) is 0 Å². The van der Waals surface area contributed by atoms with Crippen molar-refractivity contribution < 1.29 is 28.3 Å². The number of pyridine rings is 1. The first-order valence-corrected chi connectivity index (χ1v) is 10.6. The van der Waals surface area contributed by atoms with Crippen LogP contribution in [-0.2, 0) is 21.5 Å². The van der Waals surface area contributed by atoms with Gasteiger partial charge in [-0.1, -0.05) is 13.0 Å². The predicted octanol–water partition coefficient (Wildman–Crippen LogP) is 2.37. The number of methoxy groups -OCH3 is 1. The Labute approximate surface area is 188 Å². The van der Waals surface area contributed by atoms with Gasteiger partial charge in [0.1, 0.15) is 22.4 Å². The molecule has 33 heavy (non-hydrogen) atoms. The topological polar surface area (TPSA) is 119 Å². The van der Waals surface area contributed by atoms with Crippen molar-refractivity contribution in [2.45, 2.75) is 31.7 Å². The van der Waals surface area contributed by atoms with Crippen molar-refractivity contribution in [1.82, 2.24) is 15.2 Å². The van der Waals surface area contributed by atoms with Gasteiger partial charge >= 0.3 is 0 Å². The number of amides is 3. The fourth-order valence-corrected chi connectivity index (χ4v) is 4.48. The summed E-state index contributed by atoms with van der Waals surface area (Å²) in [7, 11) is 1.53. The average Bonchev–Trinajstić information content (AvgIpc) is 3.46. The summed E-state index contributed by atoms with van der Waals surface area (Å²) in [5, 5.41) is 2.35. The van der Waals surface area contributed by atoms with Crippen LogP contribution in [0.3, 0.4) is 0 Å². The smallest absolute Gasteiger partial charge is 0.254 e. The standard InChI is InChI=1S/C24H21N3O6/c1-3-18(28)14-6-19-17(25-10-14)8-20(33-19)24(9-21(29)26-23(24)31)12-27-11-13-4-5-15(32-2)7-16(13)22(27)30/h4-8,10H,3,9,11-12H2,1-2H3,(H,26,29,31)/t24-/m1/s1. The summed E-state index contributed by atoms with van der Waals surface area (Å²) in [6.07, 6.45) is 1.63. The van der Waals surface area contributed by atoms with E-state index in [0.29, 0.717) is 40.9 Å². The van der Waals surface area contributed by atoms with Crippen LogP contribution in [0.5, 0.6) is 5.75 Å². The maximum absolute atomic E-state index is 13.1. The van der Waals surface area contributed by atoms with Crippen molar-refractivity contribution in [2.75, 3.05) is 13.7 Å². The number of rotatable bonds is 6. The molecule has 5 rings (SSSR count). The second-order valence-corrected chi connectivity index (χ2v) is 8.32. The molecule has 1 N–H and O–H groups in total. The molecule has 9 heteroatoms. The lowest BCUT2D eigenvalue weighted by Crippen LogP contribution is -2.46. The lowest BCUT2D eigenvalue weighted by atomic mass is 9.82. The molecule has 9 nitrogen and oxygen atoms in total. The molecule has 0 bridgehead atoms. The van der Waals surface area contributed by atoms with E-state index in [0.717, 1.165) is 5.56 Å². The molecule has 0 aliphatic carbocycles. The lowest BCUT2D eigenvalue weighted by Gasteiger charge is -2.28. The molecule has 1 aromatic carbocycles. The number of Topliss-reactive ketones (excluding diaryl/α,β-unsaturated/α-hetero) is 1. The molecule has 3 amide bonds. The monoisotopic (exact) mass is 447 g/mol. The Morgan fingerprint density at radius 2 is 2.06 bits per heavy atom. The van der Waals surface area contributed by atoms with Crippen LogP contribution < -0.4 is 10.1 Å². The summed E-state index contributed by atoms with van der Waals surface area (Å²) in [4.78, 5) is 56.3. The second kappa shape index (κ2) is 7.54. The van der Waals surface area contributed by atoms with Gasteiger partial charge in [-0.15, -0.1) is 0 Å². The minimum Gasteiger partial charge on any atom is -0.497 e. The molecule has 0 saturated carbocycles. The molecule has 2 aliphatic heterocycles. The normalized spacial score (nSPS) is 19.8. The van der Waals surface area contributed by atoms with Crippen molar-refractivity contribution in [3.63, 3.8) is 0 Å². The van der Waals surface area contributed by atoms with E-state index >= 15 is 0 Å². The number of furan rings is 1. The highest BCUT2D eigenvalue weighted by Gasteiger charge is 2.53. The van der Waals surface area contributed by atoms with Gasteiger partial charge in [-0.05, 0) is 23.8 Å². The molecule has 2 aliphatic rings. The summed E-state index contributed by atoms with van der Waals surface area (Å²) in [5.41, 5.74) is 1.14. The Kier molecular flexibility index (Phi) is 4.77. The van der Waals surface area contributed by atoms with Gasteiger partial charge in [0.25, 0.3) is 5.91 Å². The first kappa shape index (κ1) is 20.9. The van der Waals surface area contributed by atoms with Crippen molar-refractivity contribution in [3.05, 3.63) is 59.0 Å². The third-order valence-electron chi connectivity index (χ3n) is 6.29. The first-order valence-electron chi connectivity index (χ1n) is 10.6. The quantitative estimate of drug-likeness (QED) is 0.455. The highest BCUT2D eigenvalue weighted by atomic mass is 16.5. The zero-order valence-electron chi connectivity index (χ0n) is 18.1. The Balaban J connectivity index is 1.54. The van der Waals surface area contributed by atoms with Crippen LogP contribution >= 0.6 is 0 Å². The van der Waals surface area contributed by atoms with Gasteiger partial charge in [-0.25, -0.2) is 0 Å². The van der Waals surface area contributed by atoms with E-state index in [2.05, 4.69) is 10.3 Å². The number of benzene rings is 1. The molecule has 168 valence electrons. The van der Waals surface area contributed by atoms with Crippen LogP contribution in [0.1, 0.15) is 51.8 Å². The number of fused-ring (bicyclic) bond motifs is 2. The molecule has 1 saturated heterocycles. The fraction of sp³-hybridized carbons (Fsp3) is 0.292. The van der Waals surface area contributed by atoms with Crippen LogP contribution in [0.15, 0.2) is 40.9 Å². The number of carbonyl (C=O) groups is 4. The van der Waals surface area contributed by atoms with E-state index in [1.165, 1.54) is 18.2 Å². The summed E-state index contributed by atoms with van der Waals surface area (Å²) in [6.45, 7) is 2.01. The average molecular weight is 447 g/mol. The minimum absolute atomic E-state index is 0.0407. The van der Waals surface area contributed by atoms with Gasteiger partial charge in [0.05, 0.1) is 13.5 Å². The number of ether oxygens (including phenoxy) is 1. The molecule has 0 unspecified atom stereocenters. The molecule has 1 atom stereocenters. The van der Waals surface area contributed by atoms with E-state index in [-0.39, 0.29) is 30.4 Å². The van der Waals surface area contributed by atoms with Gasteiger partial charge in [-0.2, -0.15) is 0 Å². The minimum atomic E-state index is -1.39. The number of hydrogen-bond donors (Lipinski definition) is 1. The van der Waals surface area contributed by atoms with E-state index in [4.69, 9.17) is 9.15 Å². The first-order chi connectivity index (χ1) is 15.8. The number of imide groups is 1. The number of ketones is 1. The Morgan fingerprint density at radius 1 is 1.24 bits per heavy atom. The van der Waals surface area contributed by atoms with E-state index < -0.39 is 17.2 Å². The number of nitrogens with zero attached hydrogens (tertiary/aromatic N) is 2. The van der Waals surface area contributed by atoms with E-state index in [1.54, 1.807) is 31.2 Å². The van der Waals surface area contributed by atoms with Crippen molar-refractivity contribution >= 4 is 34.6 Å². The molecular weight excluding hydrogens is 426 g/mol. The zero-order valence-corrected chi connectivity index (χ0v) is 18.1. The van der Waals surface area contributed by atoms with Gasteiger partial charge in [-0.3, -0.25) is 29.5 Å². The van der Waals surface area contributed by atoms with Crippen LogP contribution in [0.2, 0.25) is 0 Å². The Hall–Kier alpha value is -4.01. The van der Waals surface area contributed by atoms with Gasteiger partial charge in [0.15, 0.2) is 11.4 Å². The maximum atomic E-state index is 13.1. The molecule has 3 aromatic rings. The fourth-order valence-electron chi connectivity index (χ4n) is 4.48. The molecule has 4 heterocycles. The van der Waals surface area contributed by atoms with Crippen molar-refractivity contribution in [3.8, 4) is 5.75 Å². The van der Waals surface area contributed by atoms with Crippen LogP contribution in [0.25, 0.3) is 11.1 Å². The number of nitrogens with one attached hydrogen (secondary N) is 1. The second-order valence-electron chi connectivity index (χ2n) is 8.32. The van der Waals surface area contributed by atoms with Crippen molar-refractivity contribution in [2.24, 2.45) is 0 Å². The molecule has 0 radical (unpaired) electrons. The number of carbonyl (C=O) groups excluding carboxylic acids is 4. The SMILES string of the molecule is CCC(=O)c1cnc2cc([C@]3(CN4Cc5ccc(OC)cc5C4=O)CC(=O)NC3=O)oc2c1. The third kappa shape index (κ3) is 3.27. The van der Waals surface area contributed by atoms with E-state index in [9.17, 15) is 19.2 Å². The molecule has 2 aromatic heterocycles. The summed E-state index contributed by atoms with van der Waals surface area (Å²) < 4.78 is 11.2. The number of aromatic nitrogens is 1. The maximum Gasteiger partial charge on any atom is 0.254 e.